The molecule has 4 heterocycles. The van der Waals surface area contributed by atoms with Gasteiger partial charge >= 0.3 is 6.18 Å². The second-order valence-electron chi connectivity index (χ2n) is 8.26. The van der Waals surface area contributed by atoms with Crippen LogP contribution < -0.4 is 5.73 Å². The molecule has 1 saturated heterocycles. The van der Waals surface area contributed by atoms with E-state index in [1.165, 1.54) is 6.07 Å². The first-order valence-electron chi connectivity index (χ1n) is 10.5. The molecule has 0 bridgehead atoms. The Bertz CT molecular complexity index is 1230. The topological polar surface area (TPSA) is 90.6 Å². The smallest absolute Gasteiger partial charge is 0.383 e. The minimum absolute atomic E-state index is 0.142. The third kappa shape index (κ3) is 3.79. The molecule has 0 saturated carbocycles. The summed E-state index contributed by atoms with van der Waals surface area (Å²) in [6.07, 6.45) is -3.70. The van der Waals surface area contributed by atoms with Crippen LogP contribution in [0.5, 0.6) is 0 Å². The van der Waals surface area contributed by atoms with Crippen molar-refractivity contribution in [2.45, 2.75) is 38.4 Å². The number of ether oxygens (including phenoxy) is 2. The number of morpholine rings is 1. The summed E-state index contributed by atoms with van der Waals surface area (Å²) in [7, 11) is 0. The van der Waals surface area contributed by atoms with E-state index in [0.29, 0.717) is 42.4 Å². The largest absolute Gasteiger partial charge is 0.417 e. The van der Waals surface area contributed by atoms with Gasteiger partial charge in [-0.1, -0.05) is 0 Å². The predicted molar refractivity (Wildman–Crippen MR) is 113 cm³/mol. The maximum absolute atomic E-state index is 13.6. The average molecular weight is 458 g/mol. The summed E-state index contributed by atoms with van der Waals surface area (Å²) in [4.78, 5) is 23.7. The highest BCUT2D eigenvalue weighted by atomic mass is 19.4. The second kappa shape index (κ2) is 7.96. The molecular formula is C23H21F3N4O3. The number of pyridine rings is 2. The van der Waals surface area contributed by atoms with Gasteiger partial charge in [0.15, 0.2) is 0 Å². The van der Waals surface area contributed by atoms with Crippen LogP contribution in [0.3, 0.4) is 0 Å². The molecule has 0 aliphatic carbocycles. The van der Waals surface area contributed by atoms with Crippen LogP contribution in [0.4, 0.5) is 19.0 Å². The zero-order chi connectivity index (χ0) is 23.3. The summed E-state index contributed by atoms with van der Waals surface area (Å²) in [5.41, 5.74) is 8.39. The lowest BCUT2D eigenvalue weighted by Gasteiger charge is -2.40. The van der Waals surface area contributed by atoms with E-state index in [2.05, 4.69) is 9.97 Å². The molecule has 5 rings (SSSR count). The number of nitrogens with two attached hydrogens (primary N) is 1. The van der Waals surface area contributed by atoms with E-state index in [0.717, 1.165) is 28.8 Å². The molecule has 10 heteroatoms. The average Bonchev–Trinajstić information content (AvgIpc) is 3.29. The number of halogens is 3. The van der Waals surface area contributed by atoms with Crippen molar-refractivity contribution in [1.29, 1.82) is 0 Å². The molecule has 2 atom stereocenters. The number of benzene rings is 1. The van der Waals surface area contributed by atoms with Gasteiger partial charge in [-0.15, -0.1) is 0 Å². The summed E-state index contributed by atoms with van der Waals surface area (Å²) >= 11 is 0. The summed E-state index contributed by atoms with van der Waals surface area (Å²) in [5.74, 6) is 0.160. The molecule has 2 aliphatic heterocycles. The van der Waals surface area contributed by atoms with Crippen molar-refractivity contribution in [2.75, 3.05) is 18.9 Å². The normalized spacial score (nSPS) is 20.8. The van der Waals surface area contributed by atoms with Gasteiger partial charge < -0.3 is 20.1 Å². The summed E-state index contributed by atoms with van der Waals surface area (Å²) < 4.78 is 50.0. The van der Waals surface area contributed by atoms with Crippen molar-refractivity contribution in [3.8, 4) is 0 Å². The van der Waals surface area contributed by atoms with Gasteiger partial charge in [0.1, 0.15) is 5.82 Å². The van der Waals surface area contributed by atoms with Crippen molar-refractivity contribution in [3.05, 3.63) is 64.5 Å². The molecule has 0 unspecified atom stereocenters. The third-order valence-corrected chi connectivity index (χ3v) is 6.11. The molecule has 2 aliphatic rings. The molecule has 3 aromatic rings. The van der Waals surface area contributed by atoms with Gasteiger partial charge in [-0.05, 0) is 42.8 Å². The highest BCUT2D eigenvalue weighted by molar-refractivity contribution is 5.99. The number of amides is 1. The Morgan fingerprint density at radius 2 is 1.91 bits per heavy atom. The fraction of sp³-hybridized carbons (Fsp3) is 0.348. The van der Waals surface area contributed by atoms with Gasteiger partial charge in [0, 0.05) is 22.7 Å². The number of nitrogens with zero attached hydrogens (tertiary/aromatic N) is 3. The first-order valence-corrected chi connectivity index (χ1v) is 10.5. The lowest BCUT2D eigenvalue weighted by Crippen LogP contribution is -2.49. The Labute approximate surface area is 187 Å². The number of hydrogen-bond donors (Lipinski definition) is 1. The number of aromatic nitrogens is 2. The highest BCUT2D eigenvalue weighted by Crippen LogP contribution is 2.34. The Morgan fingerprint density at radius 1 is 1.12 bits per heavy atom. The molecule has 1 fully saturated rings. The quantitative estimate of drug-likeness (QED) is 0.627. The van der Waals surface area contributed by atoms with Gasteiger partial charge in [0.2, 0.25) is 0 Å². The second-order valence-corrected chi connectivity index (χ2v) is 8.26. The van der Waals surface area contributed by atoms with E-state index in [1.54, 1.807) is 23.1 Å². The summed E-state index contributed by atoms with van der Waals surface area (Å²) in [6.45, 7) is 3.07. The van der Waals surface area contributed by atoms with Crippen molar-refractivity contribution in [3.63, 3.8) is 0 Å². The Balaban J connectivity index is 1.51. The Hall–Kier alpha value is -3.24. The number of fused-ring (bicyclic) bond motifs is 3. The van der Waals surface area contributed by atoms with E-state index in [-0.39, 0.29) is 18.6 Å². The third-order valence-electron chi connectivity index (χ3n) is 6.11. The maximum Gasteiger partial charge on any atom is 0.417 e. The number of alkyl halides is 3. The standard InChI is InChI=1S/C23H21F3N4O3/c1-12-8-32-11-20(19-5-3-14(7-28-19)23(24,25)26)30(12)22(31)13-2-4-18-15(6-13)16-9-33-10-17(16)21(27)29-18/h2-7,12,20H,8-11H2,1H3,(H2,27,29)/t12-,20-/m0/s1. The molecule has 1 amide bonds. The number of carbonyl (C=O) groups excluding carboxylic acids is 1. The lowest BCUT2D eigenvalue weighted by molar-refractivity contribution is -0.137. The predicted octanol–water partition coefficient (Wildman–Crippen LogP) is 3.86. The van der Waals surface area contributed by atoms with Gasteiger partial charge in [0.05, 0.1) is 55.3 Å². The van der Waals surface area contributed by atoms with Gasteiger partial charge in [0.25, 0.3) is 5.91 Å². The van der Waals surface area contributed by atoms with Crippen LogP contribution in [0.15, 0.2) is 36.5 Å². The van der Waals surface area contributed by atoms with E-state index in [9.17, 15) is 18.0 Å². The number of hydrogen-bond acceptors (Lipinski definition) is 6. The first-order chi connectivity index (χ1) is 15.7. The molecule has 2 aromatic heterocycles. The van der Waals surface area contributed by atoms with E-state index < -0.39 is 17.8 Å². The highest BCUT2D eigenvalue weighted by Gasteiger charge is 2.36. The van der Waals surface area contributed by atoms with Crippen LogP contribution in [0.1, 0.15) is 45.7 Å². The number of carbonyl (C=O) groups is 1. The number of anilines is 1. The number of rotatable bonds is 2. The van der Waals surface area contributed by atoms with Gasteiger partial charge in [-0.3, -0.25) is 9.78 Å². The Morgan fingerprint density at radius 3 is 2.64 bits per heavy atom. The van der Waals surface area contributed by atoms with E-state index in [1.807, 2.05) is 6.92 Å². The zero-order valence-corrected chi connectivity index (χ0v) is 17.7. The monoisotopic (exact) mass is 458 g/mol. The van der Waals surface area contributed by atoms with Gasteiger partial charge in [-0.25, -0.2) is 4.98 Å². The van der Waals surface area contributed by atoms with Crippen LogP contribution in [0, 0.1) is 0 Å². The van der Waals surface area contributed by atoms with Crippen molar-refractivity contribution >= 4 is 22.6 Å². The van der Waals surface area contributed by atoms with Crippen LogP contribution in [0.2, 0.25) is 0 Å². The molecule has 0 spiro atoms. The summed E-state index contributed by atoms with van der Waals surface area (Å²) in [5, 5.41) is 0.799. The molecule has 1 aromatic carbocycles. The minimum Gasteiger partial charge on any atom is -0.383 e. The molecule has 2 N–H and O–H groups in total. The molecule has 7 nitrogen and oxygen atoms in total. The molecular weight excluding hydrogens is 437 g/mol. The van der Waals surface area contributed by atoms with Crippen LogP contribution in [-0.4, -0.2) is 40.0 Å². The van der Waals surface area contributed by atoms with Crippen LogP contribution >= 0.6 is 0 Å². The van der Waals surface area contributed by atoms with Crippen molar-refractivity contribution in [2.24, 2.45) is 0 Å². The maximum atomic E-state index is 13.6. The fourth-order valence-corrected chi connectivity index (χ4v) is 4.41. The van der Waals surface area contributed by atoms with E-state index >= 15 is 0 Å². The lowest BCUT2D eigenvalue weighted by atomic mass is 10.0. The fourth-order valence-electron chi connectivity index (χ4n) is 4.41. The minimum atomic E-state index is -4.48. The number of nitrogen functional groups attached to an aromatic ring is 1. The first kappa shape index (κ1) is 21.6. The van der Waals surface area contributed by atoms with Crippen molar-refractivity contribution < 1.29 is 27.4 Å². The SMILES string of the molecule is C[C@H]1COC[C@@H](c2ccc(C(F)(F)F)cn2)N1C(=O)c1ccc2nc(N)c3c(c2c1)COC3. The van der Waals surface area contributed by atoms with Crippen LogP contribution in [0.25, 0.3) is 10.9 Å². The van der Waals surface area contributed by atoms with Crippen molar-refractivity contribution in [1.82, 2.24) is 14.9 Å². The summed E-state index contributed by atoms with van der Waals surface area (Å²) in [6, 6.07) is 6.56. The molecule has 33 heavy (non-hydrogen) atoms. The van der Waals surface area contributed by atoms with Gasteiger partial charge in [-0.2, -0.15) is 13.2 Å². The molecule has 0 radical (unpaired) electrons. The zero-order valence-electron chi connectivity index (χ0n) is 17.7. The molecule has 172 valence electrons. The van der Waals surface area contributed by atoms with Crippen LogP contribution in [-0.2, 0) is 28.9 Å². The van der Waals surface area contributed by atoms with E-state index in [4.69, 9.17) is 15.2 Å². The Kier molecular flexibility index (Phi) is 5.21.